The van der Waals surface area contributed by atoms with Gasteiger partial charge in [0.1, 0.15) is 11.9 Å². The highest BCUT2D eigenvalue weighted by molar-refractivity contribution is 7.98. The minimum atomic E-state index is -3.72. The summed E-state index contributed by atoms with van der Waals surface area (Å²) in [6.45, 7) is 1.91. The number of rotatable bonds is 9. The van der Waals surface area contributed by atoms with Crippen molar-refractivity contribution in [2.75, 3.05) is 22.9 Å². The van der Waals surface area contributed by atoms with Crippen molar-refractivity contribution in [3.05, 3.63) is 64.9 Å². The van der Waals surface area contributed by atoms with E-state index in [0.717, 1.165) is 34.0 Å². The number of nitrogens with zero attached hydrogens (tertiary/aromatic N) is 1. The van der Waals surface area contributed by atoms with Crippen LogP contribution in [-0.4, -0.2) is 38.9 Å². The number of nitrogens with one attached hydrogen (secondary N) is 1. The standard InChI is InChI=1S/C19H22ClFN2O3S2/c1-14(23(28(2,25)26)18-9-7-17(21)8-10-18)19(24)22-11-12-27-13-15-3-5-16(20)6-4-15/h3-10,14H,11-13H2,1-2H3,(H,22,24)/t14-/m1/s1. The maximum absolute atomic E-state index is 13.1. The van der Waals surface area contributed by atoms with Crippen LogP contribution in [0, 0.1) is 5.82 Å². The molecular formula is C19H22ClFN2O3S2. The lowest BCUT2D eigenvalue weighted by Gasteiger charge is -2.28. The predicted molar refractivity (Wildman–Crippen MR) is 114 cm³/mol. The van der Waals surface area contributed by atoms with Crippen LogP contribution in [0.2, 0.25) is 5.02 Å². The number of carbonyl (C=O) groups excluding carboxylic acids is 1. The maximum atomic E-state index is 13.1. The number of thioether (sulfide) groups is 1. The van der Waals surface area contributed by atoms with Gasteiger partial charge in [0, 0.05) is 23.1 Å². The first kappa shape index (κ1) is 22.5. The van der Waals surface area contributed by atoms with Crippen molar-refractivity contribution in [2.24, 2.45) is 0 Å². The van der Waals surface area contributed by atoms with Crippen LogP contribution in [0.15, 0.2) is 48.5 Å². The second-order valence-electron chi connectivity index (χ2n) is 6.18. The number of carbonyl (C=O) groups is 1. The van der Waals surface area contributed by atoms with Gasteiger partial charge in [-0.1, -0.05) is 23.7 Å². The summed E-state index contributed by atoms with van der Waals surface area (Å²) in [4.78, 5) is 12.4. The van der Waals surface area contributed by atoms with Gasteiger partial charge >= 0.3 is 0 Å². The summed E-state index contributed by atoms with van der Waals surface area (Å²) in [5.41, 5.74) is 1.37. The first-order valence-electron chi connectivity index (χ1n) is 8.53. The summed E-state index contributed by atoms with van der Waals surface area (Å²) < 4.78 is 38.4. The first-order valence-corrected chi connectivity index (χ1v) is 11.9. The number of sulfonamides is 1. The Morgan fingerprint density at radius 2 is 1.79 bits per heavy atom. The van der Waals surface area contributed by atoms with Crippen LogP contribution in [0.4, 0.5) is 10.1 Å². The second-order valence-corrected chi connectivity index (χ2v) is 9.58. The van der Waals surface area contributed by atoms with Gasteiger partial charge in [-0.2, -0.15) is 11.8 Å². The van der Waals surface area contributed by atoms with Crippen LogP contribution in [0.5, 0.6) is 0 Å². The van der Waals surface area contributed by atoms with Gasteiger partial charge in [0.2, 0.25) is 15.9 Å². The van der Waals surface area contributed by atoms with Crippen LogP contribution < -0.4 is 9.62 Å². The molecule has 28 heavy (non-hydrogen) atoms. The van der Waals surface area contributed by atoms with Gasteiger partial charge in [0.15, 0.2) is 0 Å². The molecule has 0 bridgehead atoms. The molecule has 0 fully saturated rings. The Morgan fingerprint density at radius 1 is 1.18 bits per heavy atom. The summed E-state index contributed by atoms with van der Waals surface area (Å²) in [5, 5.41) is 3.44. The first-order chi connectivity index (χ1) is 13.2. The largest absolute Gasteiger partial charge is 0.353 e. The summed E-state index contributed by atoms with van der Waals surface area (Å²) in [6.07, 6.45) is 1.02. The number of amides is 1. The van der Waals surface area contributed by atoms with E-state index in [0.29, 0.717) is 17.3 Å². The minimum Gasteiger partial charge on any atom is -0.353 e. The maximum Gasteiger partial charge on any atom is 0.243 e. The summed E-state index contributed by atoms with van der Waals surface area (Å²) in [6, 6.07) is 11.6. The van der Waals surface area contributed by atoms with E-state index in [1.807, 2.05) is 24.3 Å². The Bertz CT molecular complexity index is 890. The van der Waals surface area contributed by atoms with Crippen molar-refractivity contribution in [2.45, 2.75) is 18.7 Å². The molecule has 0 radical (unpaired) electrons. The topological polar surface area (TPSA) is 66.5 Å². The number of hydrogen-bond acceptors (Lipinski definition) is 4. The zero-order valence-electron chi connectivity index (χ0n) is 15.6. The van der Waals surface area contributed by atoms with E-state index in [1.165, 1.54) is 19.1 Å². The van der Waals surface area contributed by atoms with Gasteiger partial charge in [0.05, 0.1) is 11.9 Å². The monoisotopic (exact) mass is 444 g/mol. The third-order valence-corrected chi connectivity index (χ3v) is 6.42. The van der Waals surface area contributed by atoms with Crippen LogP contribution in [-0.2, 0) is 20.6 Å². The van der Waals surface area contributed by atoms with Crippen molar-refractivity contribution >= 4 is 45.0 Å². The van der Waals surface area contributed by atoms with E-state index in [4.69, 9.17) is 11.6 Å². The van der Waals surface area contributed by atoms with Gasteiger partial charge in [-0.25, -0.2) is 12.8 Å². The molecule has 1 amide bonds. The van der Waals surface area contributed by atoms with E-state index in [-0.39, 0.29) is 5.69 Å². The molecule has 9 heteroatoms. The number of anilines is 1. The van der Waals surface area contributed by atoms with E-state index >= 15 is 0 Å². The molecule has 2 aromatic rings. The summed E-state index contributed by atoms with van der Waals surface area (Å²) in [5.74, 6) is 0.568. The molecule has 1 atom stereocenters. The van der Waals surface area contributed by atoms with E-state index in [1.54, 1.807) is 11.8 Å². The summed E-state index contributed by atoms with van der Waals surface area (Å²) >= 11 is 7.50. The average Bonchev–Trinajstić information content (AvgIpc) is 2.63. The molecule has 152 valence electrons. The van der Waals surface area contributed by atoms with Gasteiger partial charge < -0.3 is 5.32 Å². The molecule has 0 aliphatic carbocycles. The molecule has 0 heterocycles. The van der Waals surface area contributed by atoms with Crippen LogP contribution >= 0.6 is 23.4 Å². The van der Waals surface area contributed by atoms with Gasteiger partial charge in [0.25, 0.3) is 0 Å². The van der Waals surface area contributed by atoms with Gasteiger partial charge in [-0.05, 0) is 48.9 Å². The fraction of sp³-hybridized carbons (Fsp3) is 0.316. The van der Waals surface area contributed by atoms with E-state index < -0.39 is 27.8 Å². The SMILES string of the molecule is C[C@H](C(=O)NCCSCc1ccc(Cl)cc1)N(c1ccc(F)cc1)S(C)(=O)=O. The van der Waals surface area contributed by atoms with Crippen LogP contribution in [0.3, 0.4) is 0 Å². The molecule has 0 unspecified atom stereocenters. The Hall–Kier alpha value is -1.77. The molecule has 2 aromatic carbocycles. The van der Waals surface area contributed by atoms with Crippen molar-refractivity contribution in [3.63, 3.8) is 0 Å². The molecule has 0 spiro atoms. The molecular weight excluding hydrogens is 423 g/mol. The molecule has 0 aromatic heterocycles. The molecule has 0 saturated carbocycles. The van der Waals surface area contributed by atoms with Crippen molar-refractivity contribution in [3.8, 4) is 0 Å². The third-order valence-electron chi connectivity index (χ3n) is 3.90. The van der Waals surface area contributed by atoms with Crippen molar-refractivity contribution in [1.29, 1.82) is 0 Å². The fourth-order valence-corrected chi connectivity index (χ4v) is 4.68. The number of benzene rings is 2. The number of halogens is 2. The highest BCUT2D eigenvalue weighted by atomic mass is 35.5. The normalized spacial score (nSPS) is 12.4. The quantitative estimate of drug-likeness (QED) is 0.599. The highest BCUT2D eigenvalue weighted by Gasteiger charge is 2.28. The van der Waals surface area contributed by atoms with Crippen LogP contribution in [0.25, 0.3) is 0 Å². The zero-order chi connectivity index (χ0) is 20.7. The molecule has 1 N–H and O–H groups in total. The lowest BCUT2D eigenvalue weighted by Crippen LogP contribution is -2.48. The van der Waals surface area contributed by atoms with Gasteiger partial charge in [-0.15, -0.1) is 0 Å². The Kier molecular flexibility index (Phi) is 8.15. The summed E-state index contributed by atoms with van der Waals surface area (Å²) in [7, 11) is -3.72. The van der Waals surface area contributed by atoms with Gasteiger partial charge in [-0.3, -0.25) is 9.10 Å². The Labute approximate surface area is 174 Å². The second kappa shape index (κ2) is 10.1. The van der Waals surface area contributed by atoms with Crippen LogP contribution in [0.1, 0.15) is 12.5 Å². The van der Waals surface area contributed by atoms with Crippen molar-refractivity contribution in [1.82, 2.24) is 5.32 Å². The lowest BCUT2D eigenvalue weighted by molar-refractivity contribution is -0.121. The highest BCUT2D eigenvalue weighted by Crippen LogP contribution is 2.21. The lowest BCUT2D eigenvalue weighted by atomic mass is 10.2. The third kappa shape index (κ3) is 6.68. The molecule has 0 aliphatic heterocycles. The van der Waals surface area contributed by atoms with E-state index in [9.17, 15) is 17.6 Å². The minimum absolute atomic E-state index is 0.240. The molecule has 5 nitrogen and oxygen atoms in total. The molecule has 0 saturated heterocycles. The average molecular weight is 445 g/mol. The predicted octanol–water partition coefficient (Wildman–Crippen LogP) is 3.68. The Morgan fingerprint density at radius 3 is 2.36 bits per heavy atom. The number of hydrogen-bond donors (Lipinski definition) is 1. The molecule has 0 aliphatic rings. The fourth-order valence-electron chi connectivity index (χ4n) is 2.56. The molecule has 2 rings (SSSR count). The zero-order valence-corrected chi connectivity index (χ0v) is 18.0. The Balaban J connectivity index is 1.88. The smallest absolute Gasteiger partial charge is 0.243 e. The van der Waals surface area contributed by atoms with E-state index in [2.05, 4.69) is 5.32 Å². The van der Waals surface area contributed by atoms with Crippen molar-refractivity contribution < 1.29 is 17.6 Å².